The van der Waals surface area contributed by atoms with E-state index in [1.54, 1.807) is 24.3 Å². The smallest absolute Gasteiger partial charge is 0.193 e. The van der Waals surface area contributed by atoms with Crippen LogP contribution < -0.4 is 9.47 Å². The van der Waals surface area contributed by atoms with Gasteiger partial charge in [-0.1, -0.05) is 60.7 Å². The maximum atomic E-state index is 12.9. The first-order valence-electron chi connectivity index (χ1n) is 8.98. The molecule has 0 aliphatic heterocycles. The van der Waals surface area contributed by atoms with E-state index in [4.69, 9.17) is 9.47 Å². The summed E-state index contributed by atoms with van der Waals surface area (Å²) in [5, 5.41) is 0. The Labute approximate surface area is 163 Å². The lowest BCUT2D eigenvalue weighted by atomic mass is 10.0. The standard InChI is InChI=1S/C25H18O3/c26-25(19-9-7-15-23(17-19)27-21-11-3-1-4-12-21)20-10-8-16-24(18-20)28-22-13-5-2-6-14-22/h1-18H. The minimum Gasteiger partial charge on any atom is -0.457 e. The van der Waals surface area contributed by atoms with Gasteiger partial charge in [0.1, 0.15) is 23.0 Å². The van der Waals surface area contributed by atoms with Gasteiger partial charge in [0, 0.05) is 11.1 Å². The fraction of sp³-hybridized carbons (Fsp3) is 0. The summed E-state index contributed by atoms with van der Waals surface area (Å²) in [5.74, 6) is 2.61. The van der Waals surface area contributed by atoms with Gasteiger partial charge in [-0.25, -0.2) is 0 Å². The lowest BCUT2D eigenvalue weighted by Gasteiger charge is -2.09. The van der Waals surface area contributed by atoms with Gasteiger partial charge in [0.25, 0.3) is 0 Å². The summed E-state index contributed by atoms with van der Waals surface area (Å²) in [6, 6.07) is 33.3. The van der Waals surface area contributed by atoms with Gasteiger partial charge in [0.2, 0.25) is 0 Å². The Morgan fingerprint density at radius 1 is 0.464 bits per heavy atom. The van der Waals surface area contributed by atoms with Crippen LogP contribution in [0.1, 0.15) is 15.9 Å². The molecule has 0 heterocycles. The van der Waals surface area contributed by atoms with Crippen LogP contribution in [0.15, 0.2) is 109 Å². The lowest BCUT2D eigenvalue weighted by Crippen LogP contribution is -2.01. The summed E-state index contributed by atoms with van der Waals surface area (Å²) in [7, 11) is 0. The molecular weight excluding hydrogens is 348 g/mol. The van der Waals surface area contributed by atoms with E-state index in [-0.39, 0.29) is 5.78 Å². The molecule has 0 spiro atoms. The number of rotatable bonds is 6. The molecule has 0 saturated carbocycles. The van der Waals surface area contributed by atoms with Crippen LogP contribution in [0.25, 0.3) is 0 Å². The number of carbonyl (C=O) groups is 1. The zero-order valence-electron chi connectivity index (χ0n) is 15.1. The Morgan fingerprint density at radius 2 is 0.857 bits per heavy atom. The average Bonchev–Trinajstić information content (AvgIpc) is 2.75. The van der Waals surface area contributed by atoms with Gasteiger partial charge in [0.15, 0.2) is 5.78 Å². The van der Waals surface area contributed by atoms with Crippen molar-refractivity contribution in [1.82, 2.24) is 0 Å². The fourth-order valence-corrected chi connectivity index (χ4v) is 2.82. The van der Waals surface area contributed by atoms with Crippen LogP contribution >= 0.6 is 0 Å². The molecule has 136 valence electrons. The van der Waals surface area contributed by atoms with Gasteiger partial charge in [-0.2, -0.15) is 0 Å². The molecule has 3 heteroatoms. The second-order valence-electron chi connectivity index (χ2n) is 6.22. The van der Waals surface area contributed by atoms with Crippen LogP contribution in [0.2, 0.25) is 0 Å². The molecule has 28 heavy (non-hydrogen) atoms. The first-order chi connectivity index (χ1) is 13.8. The molecular formula is C25H18O3. The Bertz CT molecular complexity index is 986. The van der Waals surface area contributed by atoms with Crippen molar-refractivity contribution in [2.75, 3.05) is 0 Å². The van der Waals surface area contributed by atoms with E-state index in [0.717, 1.165) is 11.5 Å². The second-order valence-corrected chi connectivity index (χ2v) is 6.22. The monoisotopic (exact) mass is 366 g/mol. The average molecular weight is 366 g/mol. The summed E-state index contributed by atoms with van der Waals surface area (Å²) >= 11 is 0. The minimum absolute atomic E-state index is 0.0861. The van der Waals surface area contributed by atoms with Crippen molar-refractivity contribution < 1.29 is 14.3 Å². The Hall–Kier alpha value is -3.85. The quantitative estimate of drug-likeness (QED) is 0.365. The number of hydrogen-bond donors (Lipinski definition) is 0. The van der Waals surface area contributed by atoms with E-state index >= 15 is 0 Å². The Morgan fingerprint density at radius 3 is 1.29 bits per heavy atom. The van der Waals surface area contributed by atoms with Crippen molar-refractivity contribution in [2.24, 2.45) is 0 Å². The van der Waals surface area contributed by atoms with E-state index < -0.39 is 0 Å². The molecule has 0 radical (unpaired) electrons. The summed E-state index contributed by atoms with van der Waals surface area (Å²) in [6.07, 6.45) is 0. The van der Waals surface area contributed by atoms with Crippen molar-refractivity contribution in [3.8, 4) is 23.0 Å². The Balaban J connectivity index is 1.54. The third-order valence-electron chi connectivity index (χ3n) is 4.15. The molecule has 0 unspecified atom stereocenters. The van der Waals surface area contributed by atoms with Crippen molar-refractivity contribution in [3.05, 3.63) is 120 Å². The van der Waals surface area contributed by atoms with Gasteiger partial charge in [-0.05, 0) is 48.5 Å². The maximum absolute atomic E-state index is 12.9. The number of hydrogen-bond acceptors (Lipinski definition) is 3. The molecule has 0 saturated heterocycles. The topological polar surface area (TPSA) is 35.5 Å². The van der Waals surface area contributed by atoms with Crippen LogP contribution in [0, 0.1) is 0 Å². The van der Waals surface area contributed by atoms with Gasteiger partial charge in [-0.3, -0.25) is 4.79 Å². The second kappa shape index (κ2) is 8.23. The summed E-state index contributed by atoms with van der Waals surface area (Å²) in [6.45, 7) is 0. The molecule has 3 nitrogen and oxygen atoms in total. The SMILES string of the molecule is O=C(c1cccc(Oc2ccccc2)c1)c1cccc(Oc2ccccc2)c1. The van der Waals surface area contributed by atoms with Crippen molar-refractivity contribution in [3.63, 3.8) is 0 Å². The molecule has 0 atom stereocenters. The molecule has 0 aromatic heterocycles. The number of ketones is 1. The third-order valence-corrected chi connectivity index (χ3v) is 4.15. The predicted octanol–water partition coefficient (Wildman–Crippen LogP) is 6.50. The zero-order chi connectivity index (χ0) is 19.2. The summed E-state index contributed by atoms with van der Waals surface area (Å²) in [5.41, 5.74) is 1.12. The van der Waals surface area contributed by atoms with Gasteiger partial charge >= 0.3 is 0 Å². The Kier molecular flexibility index (Phi) is 5.16. The van der Waals surface area contributed by atoms with Gasteiger partial charge in [-0.15, -0.1) is 0 Å². The highest BCUT2D eigenvalue weighted by molar-refractivity contribution is 6.09. The van der Waals surface area contributed by atoms with E-state index in [2.05, 4.69) is 0 Å². The van der Waals surface area contributed by atoms with Crippen LogP contribution in [0.5, 0.6) is 23.0 Å². The van der Waals surface area contributed by atoms with E-state index in [1.165, 1.54) is 0 Å². The maximum Gasteiger partial charge on any atom is 0.193 e. The van der Waals surface area contributed by atoms with Crippen LogP contribution in [-0.4, -0.2) is 5.78 Å². The highest BCUT2D eigenvalue weighted by atomic mass is 16.5. The van der Waals surface area contributed by atoms with Crippen molar-refractivity contribution in [1.29, 1.82) is 0 Å². The molecule has 0 aliphatic carbocycles. The molecule has 4 aromatic rings. The molecule has 4 aromatic carbocycles. The number of benzene rings is 4. The number of carbonyl (C=O) groups excluding carboxylic acids is 1. The molecule has 0 aliphatic rings. The summed E-state index contributed by atoms with van der Waals surface area (Å²) < 4.78 is 11.7. The van der Waals surface area contributed by atoms with Crippen LogP contribution in [-0.2, 0) is 0 Å². The zero-order valence-corrected chi connectivity index (χ0v) is 15.1. The third kappa shape index (κ3) is 4.27. The molecule has 0 fully saturated rings. The highest BCUT2D eigenvalue weighted by Gasteiger charge is 2.11. The minimum atomic E-state index is -0.0861. The van der Waals surface area contributed by atoms with E-state index in [1.807, 2.05) is 84.9 Å². The fourth-order valence-electron chi connectivity index (χ4n) is 2.82. The predicted molar refractivity (Wildman–Crippen MR) is 109 cm³/mol. The van der Waals surface area contributed by atoms with E-state index in [9.17, 15) is 4.79 Å². The molecule has 0 bridgehead atoms. The lowest BCUT2D eigenvalue weighted by molar-refractivity contribution is 0.103. The first kappa shape index (κ1) is 17.6. The van der Waals surface area contributed by atoms with Crippen molar-refractivity contribution in [2.45, 2.75) is 0 Å². The van der Waals surface area contributed by atoms with Crippen LogP contribution in [0.3, 0.4) is 0 Å². The van der Waals surface area contributed by atoms with Gasteiger partial charge in [0.05, 0.1) is 0 Å². The highest BCUT2D eigenvalue weighted by Crippen LogP contribution is 2.25. The number of para-hydroxylation sites is 2. The largest absolute Gasteiger partial charge is 0.457 e. The van der Waals surface area contributed by atoms with Crippen LogP contribution in [0.4, 0.5) is 0 Å². The molecule has 0 amide bonds. The molecule has 4 rings (SSSR count). The molecule has 0 N–H and O–H groups in total. The van der Waals surface area contributed by atoms with E-state index in [0.29, 0.717) is 22.6 Å². The normalized spacial score (nSPS) is 10.3. The van der Waals surface area contributed by atoms with Gasteiger partial charge < -0.3 is 9.47 Å². The number of ether oxygens (including phenoxy) is 2. The summed E-state index contributed by atoms with van der Waals surface area (Å²) in [4.78, 5) is 12.9. The first-order valence-corrected chi connectivity index (χ1v) is 8.98. The van der Waals surface area contributed by atoms with Crippen molar-refractivity contribution >= 4 is 5.78 Å².